The predicted molar refractivity (Wildman–Crippen MR) is 114 cm³/mol. The maximum atomic E-state index is 12.9. The number of nitrogens with one attached hydrogen (secondary N) is 2. The van der Waals surface area contributed by atoms with Crippen molar-refractivity contribution in [1.82, 2.24) is 15.5 Å². The zero-order valence-electron chi connectivity index (χ0n) is 16.8. The smallest absolute Gasteiger partial charge is 0.325 e. The molecule has 2 unspecified atom stereocenters. The third-order valence-electron chi connectivity index (χ3n) is 4.99. The van der Waals surface area contributed by atoms with Gasteiger partial charge in [-0.15, -0.1) is 12.4 Å². The number of benzene rings is 2. The second kappa shape index (κ2) is 9.60. The van der Waals surface area contributed by atoms with E-state index in [2.05, 4.69) is 10.6 Å². The molecule has 4 N–H and O–H groups in total. The number of methoxy groups -OCH3 is 1. The number of carbonyl (C=O) groups excluding carboxylic acids is 3. The molecule has 0 radical (unpaired) electrons. The van der Waals surface area contributed by atoms with E-state index in [0.717, 1.165) is 10.5 Å². The van der Waals surface area contributed by atoms with E-state index >= 15 is 0 Å². The lowest BCUT2D eigenvalue weighted by Crippen LogP contribution is -2.44. The lowest BCUT2D eigenvalue weighted by molar-refractivity contribution is -0.134. The number of rotatable bonds is 7. The van der Waals surface area contributed by atoms with Crippen LogP contribution in [-0.2, 0) is 15.1 Å². The highest BCUT2D eigenvalue weighted by atomic mass is 35.5. The highest BCUT2D eigenvalue weighted by Gasteiger charge is 2.49. The Hall–Kier alpha value is -3.10. The summed E-state index contributed by atoms with van der Waals surface area (Å²) in [6.07, 6.45) is 0. The number of nitrogens with two attached hydrogens (primary N) is 1. The quantitative estimate of drug-likeness (QED) is 0.576. The molecule has 160 valence electrons. The van der Waals surface area contributed by atoms with Crippen LogP contribution in [0, 0.1) is 0 Å². The van der Waals surface area contributed by atoms with Gasteiger partial charge in [-0.2, -0.15) is 0 Å². The summed E-state index contributed by atoms with van der Waals surface area (Å²) in [7, 11) is 1.54. The van der Waals surface area contributed by atoms with Crippen molar-refractivity contribution in [2.75, 3.05) is 20.2 Å². The molecular weight excluding hydrogens is 408 g/mol. The van der Waals surface area contributed by atoms with E-state index in [-0.39, 0.29) is 31.5 Å². The first-order valence-electron chi connectivity index (χ1n) is 9.21. The van der Waals surface area contributed by atoms with Crippen molar-refractivity contribution >= 4 is 30.3 Å². The number of carbonyl (C=O) groups is 3. The monoisotopic (exact) mass is 432 g/mol. The molecule has 9 heteroatoms. The van der Waals surface area contributed by atoms with Gasteiger partial charge in [-0.05, 0) is 30.2 Å². The predicted octanol–water partition coefficient (Wildman–Crippen LogP) is 1.70. The van der Waals surface area contributed by atoms with Gasteiger partial charge in [-0.3, -0.25) is 14.5 Å². The number of hydrogen-bond acceptors (Lipinski definition) is 5. The van der Waals surface area contributed by atoms with Crippen molar-refractivity contribution < 1.29 is 19.1 Å². The number of urea groups is 1. The van der Waals surface area contributed by atoms with Crippen molar-refractivity contribution in [2.45, 2.75) is 18.5 Å². The zero-order chi connectivity index (χ0) is 21.0. The van der Waals surface area contributed by atoms with Crippen LogP contribution in [0.1, 0.15) is 24.1 Å². The Bertz CT molecular complexity index is 907. The van der Waals surface area contributed by atoms with Crippen LogP contribution < -0.4 is 21.1 Å². The maximum absolute atomic E-state index is 12.9. The molecule has 1 fully saturated rings. The fourth-order valence-electron chi connectivity index (χ4n) is 3.20. The molecule has 1 aliphatic rings. The minimum absolute atomic E-state index is 0. The van der Waals surface area contributed by atoms with Crippen LogP contribution in [0.3, 0.4) is 0 Å². The van der Waals surface area contributed by atoms with Crippen molar-refractivity contribution in [3.05, 3.63) is 65.7 Å². The first kappa shape index (κ1) is 23.2. The van der Waals surface area contributed by atoms with E-state index in [9.17, 15) is 14.4 Å². The Kier molecular flexibility index (Phi) is 7.42. The number of ether oxygens (including phenoxy) is 1. The molecule has 2 aromatic rings. The summed E-state index contributed by atoms with van der Waals surface area (Å²) in [5.74, 6) is -0.311. The maximum Gasteiger partial charge on any atom is 0.325 e. The average molecular weight is 433 g/mol. The molecule has 2 atom stereocenters. The Labute approximate surface area is 181 Å². The van der Waals surface area contributed by atoms with Crippen molar-refractivity contribution in [3.8, 4) is 5.75 Å². The lowest BCUT2D eigenvalue weighted by atomic mass is 9.92. The summed E-state index contributed by atoms with van der Waals surface area (Å²) < 4.78 is 5.12. The Morgan fingerprint density at radius 3 is 2.40 bits per heavy atom. The third kappa shape index (κ3) is 4.72. The molecule has 2 aromatic carbocycles. The topological polar surface area (TPSA) is 114 Å². The number of halogens is 1. The summed E-state index contributed by atoms with van der Waals surface area (Å²) in [4.78, 5) is 38.5. The molecule has 0 aliphatic carbocycles. The van der Waals surface area contributed by atoms with Gasteiger partial charge in [-0.1, -0.05) is 42.5 Å². The molecule has 1 aliphatic heterocycles. The van der Waals surface area contributed by atoms with Gasteiger partial charge < -0.3 is 21.1 Å². The summed E-state index contributed by atoms with van der Waals surface area (Å²) in [6.45, 7) is 1.43. The molecule has 1 heterocycles. The fraction of sp³-hybridized carbons (Fsp3) is 0.286. The first-order valence-corrected chi connectivity index (χ1v) is 9.21. The third-order valence-corrected chi connectivity index (χ3v) is 4.99. The van der Waals surface area contributed by atoms with Crippen LogP contribution in [-0.4, -0.2) is 42.9 Å². The van der Waals surface area contributed by atoms with Crippen molar-refractivity contribution in [3.63, 3.8) is 0 Å². The van der Waals surface area contributed by atoms with E-state index in [1.807, 2.05) is 30.3 Å². The van der Waals surface area contributed by atoms with Gasteiger partial charge in [-0.25, -0.2) is 4.79 Å². The standard InChI is InChI=1S/C21H24N4O4.ClH/c1-21(15-8-10-16(29-2)11-9-15)19(27)25(20(28)24-21)13-18(26)23-12-17(22)14-6-4-3-5-7-14;/h3-11,17H,12-13,22H2,1-2H3,(H,23,26)(H,24,28);1H. The number of imide groups is 1. The number of nitrogens with zero attached hydrogens (tertiary/aromatic N) is 1. The second-order valence-corrected chi connectivity index (χ2v) is 7.00. The van der Waals surface area contributed by atoms with Gasteiger partial charge in [0.1, 0.15) is 17.8 Å². The van der Waals surface area contributed by atoms with Crippen molar-refractivity contribution in [1.29, 1.82) is 0 Å². The molecule has 8 nitrogen and oxygen atoms in total. The van der Waals surface area contributed by atoms with E-state index in [0.29, 0.717) is 11.3 Å². The molecule has 1 saturated heterocycles. The first-order chi connectivity index (χ1) is 13.8. The van der Waals surface area contributed by atoms with E-state index in [4.69, 9.17) is 10.5 Å². The van der Waals surface area contributed by atoms with Crippen LogP contribution in [0.15, 0.2) is 54.6 Å². The Balaban J connectivity index is 0.00000320. The number of hydrogen-bond donors (Lipinski definition) is 3. The fourth-order valence-corrected chi connectivity index (χ4v) is 3.20. The summed E-state index contributed by atoms with van der Waals surface area (Å²) >= 11 is 0. The second-order valence-electron chi connectivity index (χ2n) is 7.00. The van der Waals surface area contributed by atoms with Crippen LogP contribution in [0.2, 0.25) is 0 Å². The number of amides is 4. The molecule has 4 amide bonds. The van der Waals surface area contributed by atoms with Gasteiger partial charge in [0.05, 0.1) is 7.11 Å². The summed E-state index contributed by atoms with van der Waals surface area (Å²) in [5, 5.41) is 5.35. The van der Waals surface area contributed by atoms with Crippen molar-refractivity contribution in [2.24, 2.45) is 5.73 Å². The van der Waals surface area contributed by atoms with Crippen LogP contribution in [0.25, 0.3) is 0 Å². The van der Waals surface area contributed by atoms with Gasteiger partial charge in [0.15, 0.2) is 0 Å². The molecule has 0 bridgehead atoms. The van der Waals surface area contributed by atoms with E-state index < -0.39 is 23.4 Å². The van der Waals surface area contributed by atoms with Crippen LogP contribution >= 0.6 is 12.4 Å². The molecule has 3 rings (SSSR count). The largest absolute Gasteiger partial charge is 0.497 e. The minimum atomic E-state index is -1.25. The van der Waals surface area contributed by atoms with Gasteiger partial charge >= 0.3 is 6.03 Å². The molecule has 30 heavy (non-hydrogen) atoms. The summed E-state index contributed by atoms with van der Waals surface area (Å²) in [6, 6.07) is 15.2. The van der Waals surface area contributed by atoms with Gasteiger partial charge in [0.2, 0.25) is 5.91 Å². The Morgan fingerprint density at radius 1 is 1.17 bits per heavy atom. The minimum Gasteiger partial charge on any atom is -0.497 e. The van der Waals surface area contributed by atoms with Gasteiger partial charge in [0, 0.05) is 12.6 Å². The highest BCUT2D eigenvalue weighted by molar-refractivity contribution is 6.09. The van der Waals surface area contributed by atoms with Crippen LogP contribution in [0.4, 0.5) is 4.79 Å². The van der Waals surface area contributed by atoms with E-state index in [1.165, 1.54) is 0 Å². The molecule has 0 aromatic heterocycles. The molecule has 0 spiro atoms. The van der Waals surface area contributed by atoms with Crippen LogP contribution in [0.5, 0.6) is 5.75 Å². The normalized spacial score (nSPS) is 19.0. The summed E-state index contributed by atoms with van der Waals surface area (Å²) in [5.41, 5.74) is 6.30. The average Bonchev–Trinajstić information content (AvgIpc) is 2.96. The SMILES string of the molecule is COc1ccc(C2(C)NC(=O)N(CC(=O)NCC(N)c3ccccc3)C2=O)cc1.Cl. The van der Waals surface area contributed by atoms with Gasteiger partial charge in [0.25, 0.3) is 5.91 Å². The molecular formula is C21H25ClN4O4. The van der Waals surface area contributed by atoms with E-state index in [1.54, 1.807) is 38.3 Å². The lowest BCUT2D eigenvalue weighted by Gasteiger charge is -2.22. The highest BCUT2D eigenvalue weighted by Crippen LogP contribution is 2.29. The zero-order valence-corrected chi connectivity index (χ0v) is 17.6. The Morgan fingerprint density at radius 2 is 1.80 bits per heavy atom. The molecule has 0 saturated carbocycles.